The topological polar surface area (TPSA) is 12.5 Å². The predicted molar refractivity (Wildman–Crippen MR) is 87.3 cm³/mol. The molecule has 2 aromatic rings. The Hall–Kier alpha value is -0.840. The largest absolute Gasteiger partial charge is 0.497 e. The van der Waals surface area contributed by atoms with Crippen LogP contribution in [0, 0.1) is 0 Å². The predicted octanol–water partition coefficient (Wildman–Crippen LogP) is 4.68. The lowest BCUT2D eigenvalue weighted by Crippen LogP contribution is -2.24. The van der Waals surface area contributed by atoms with Crippen molar-refractivity contribution in [1.29, 1.82) is 0 Å². The fourth-order valence-electron chi connectivity index (χ4n) is 2.37. The van der Waals surface area contributed by atoms with Gasteiger partial charge in [-0.05, 0) is 48.1 Å². The molecule has 0 atom stereocenters. The van der Waals surface area contributed by atoms with E-state index >= 15 is 0 Å². The summed E-state index contributed by atoms with van der Waals surface area (Å²) in [4.78, 5) is 4.02. The first-order chi connectivity index (χ1) is 9.76. The Bertz CT molecular complexity index is 566. The van der Waals surface area contributed by atoms with Gasteiger partial charge in [0.2, 0.25) is 0 Å². The summed E-state index contributed by atoms with van der Waals surface area (Å²) >= 11 is 5.50. The molecule has 1 saturated carbocycles. The zero-order valence-electron chi connectivity index (χ0n) is 11.5. The molecule has 1 aliphatic carbocycles. The third-order valence-electron chi connectivity index (χ3n) is 3.63. The van der Waals surface area contributed by atoms with Crippen molar-refractivity contribution in [3.8, 4) is 5.75 Å². The molecule has 20 heavy (non-hydrogen) atoms. The lowest BCUT2D eigenvalue weighted by Gasteiger charge is -2.22. The number of thiophene rings is 1. The molecule has 0 spiro atoms. The van der Waals surface area contributed by atoms with E-state index < -0.39 is 0 Å². The highest BCUT2D eigenvalue weighted by Crippen LogP contribution is 2.32. The highest BCUT2D eigenvalue weighted by Gasteiger charge is 2.29. The van der Waals surface area contributed by atoms with Crippen molar-refractivity contribution >= 4 is 27.3 Å². The van der Waals surface area contributed by atoms with Crippen molar-refractivity contribution in [2.24, 2.45) is 0 Å². The van der Waals surface area contributed by atoms with E-state index in [2.05, 4.69) is 50.5 Å². The minimum Gasteiger partial charge on any atom is -0.497 e. The summed E-state index contributed by atoms with van der Waals surface area (Å²) in [7, 11) is 1.72. The average Bonchev–Trinajstić information content (AvgIpc) is 3.18. The van der Waals surface area contributed by atoms with Gasteiger partial charge < -0.3 is 4.74 Å². The fourth-order valence-corrected chi connectivity index (χ4v) is 3.48. The summed E-state index contributed by atoms with van der Waals surface area (Å²) in [6.07, 6.45) is 2.65. The normalized spacial score (nSPS) is 14.8. The molecule has 4 heteroatoms. The van der Waals surface area contributed by atoms with Crippen LogP contribution in [-0.4, -0.2) is 18.1 Å². The molecular formula is C16H18BrNOS. The molecule has 3 rings (SSSR count). The minimum atomic E-state index is 0.746. The summed E-state index contributed by atoms with van der Waals surface area (Å²) in [6, 6.07) is 11.3. The van der Waals surface area contributed by atoms with Gasteiger partial charge in [-0.25, -0.2) is 0 Å². The summed E-state index contributed by atoms with van der Waals surface area (Å²) in [5.74, 6) is 0.926. The standard InChI is InChI=1S/C16H18BrNOS/c1-19-14-6-7-16(17)12(9-14)10-18(13-4-5-13)11-15-3-2-8-20-15/h2-3,6-9,13H,4-5,10-11H2,1H3. The van der Waals surface area contributed by atoms with Crippen LogP contribution in [0.4, 0.5) is 0 Å². The summed E-state index contributed by atoms with van der Waals surface area (Å²) < 4.78 is 6.50. The van der Waals surface area contributed by atoms with Crippen LogP contribution in [0.1, 0.15) is 23.3 Å². The van der Waals surface area contributed by atoms with Gasteiger partial charge in [-0.15, -0.1) is 11.3 Å². The minimum absolute atomic E-state index is 0.746. The first-order valence-corrected chi connectivity index (χ1v) is 8.52. The van der Waals surface area contributed by atoms with Gasteiger partial charge in [0.25, 0.3) is 0 Å². The van der Waals surface area contributed by atoms with Crippen LogP contribution in [0.5, 0.6) is 5.75 Å². The second-order valence-corrected chi connectivity index (χ2v) is 7.06. The average molecular weight is 352 g/mol. The van der Waals surface area contributed by atoms with E-state index in [1.54, 1.807) is 7.11 Å². The van der Waals surface area contributed by atoms with Crippen LogP contribution in [0.3, 0.4) is 0 Å². The van der Waals surface area contributed by atoms with Crippen LogP contribution in [-0.2, 0) is 13.1 Å². The molecule has 0 amide bonds. The number of ether oxygens (including phenoxy) is 1. The molecule has 1 heterocycles. The molecule has 0 N–H and O–H groups in total. The Balaban J connectivity index is 1.76. The number of hydrogen-bond donors (Lipinski definition) is 0. The Kier molecular flexibility index (Phi) is 4.44. The zero-order chi connectivity index (χ0) is 13.9. The molecule has 0 radical (unpaired) electrons. The molecule has 106 valence electrons. The molecule has 1 aromatic heterocycles. The molecule has 0 saturated heterocycles. The van der Waals surface area contributed by atoms with Gasteiger partial charge in [0.1, 0.15) is 5.75 Å². The van der Waals surface area contributed by atoms with Gasteiger partial charge in [-0.1, -0.05) is 22.0 Å². The number of rotatable bonds is 6. The molecule has 1 fully saturated rings. The van der Waals surface area contributed by atoms with E-state index in [0.717, 1.165) is 29.4 Å². The molecule has 0 bridgehead atoms. The maximum Gasteiger partial charge on any atom is 0.119 e. The van der Waals surface area contributed by atoms with Gasteiger partial charge in [0, 0.05) is 28.5 Å². The SMILES string of the molecule is COc1ccc(Br)c(CN(Cc2cccs2)C2CC2)c1. The van der Waals surface area contributed by atoms with Crippen LogP contribution < -0.4 is 4.74 Å². The fraction of sp³-hybridized carbons (Fsp3) is 0.375. The summed E-state index contributed by atoms with van der Waals surface area (Å²) in [5, 5.41) is 2.15. The first-order valence-electron chi connectivity index (χ1n) is 6.85. The first kappa shape index (κ1) is 14.1. The quantitative estimate of drug-likeness (QED) is 0.748. The van der Waals surface area contributed by atoms with Crippen molar-refractivity contribution in [3.05, 3.63) is 50.6 Å². The molecule has 0 unspecified atom stereocenters. The third kappa shape index (κ3) is 3.43. The summed E-state index contributed by atoms with van der Waals surface area (Å²) in [5.41, 5.74) is 1.30. The van der Waals surface area contributed by atoms with Crippen molar-refractivity contribution in [3.63, 3.8) is 0 Å². The highest BCUT2D eigenvalue weighted by molar-refractivity contribution is 9.10. The molecule has 2 nitrogen and oxygen atoms in total. The van der Waals surface area contributed by atoms with Gasteiger partial charge in [0.05, 0.1) is 7.11 Å². The van der Waals surface area contributed by atoms with Gasteiger partial charge in [-0.2, -0.15) is 0 Å². The number of hydrogen-bond acceptors (Lipinski definition) is 3. The van der Waals surface area contributed by atoms with Gasteiger partial charge in [-0.3, -0.25) is 4.90 Å². The number of methoxy groups -OCH3 is 1. The Morgan fingerprint density at radius 2 is 2.15 bits per heavy atom. The van der Waals surface area contributed by atoms with E-state index in [1.165, 1.54) is 23.3 Å². The van der Waals surface area contributed by atoms with Gasteiger partial charge >= 0.3 is 0 Å². The van der Waals surface area contributed by atoms with E-state index in [4.69, 9.17) is 4.74 Å². The summed E-state index contributed by atoms with van der Waals surface area (Å²) in [6.45, 7) is 2.02. The molecular weight excluding hydrogens is 334 g/mol. The Morgan fingerprint density at radius 3 is 2.80 bits per heavy atom. The number of halogens is 1. The van der Waals surface area contributed by atoms with E-state index in [9.17, 15) is 0 Å². The van der Waals surface area contributed by atoms with Gasteiger partial charge in [0.15, 0.2) is 0 Å². The van der Waals surface area contributed by atoms with Crippen molar-refractivity contribution in [2.75, 3.05) is 7.11 Å². The lowest BCUT2D eigenvalue weighted by atomic mass is 10.2. The van der Waals surface area contributed by atoms with Crippen LogP contribution in [0.2, 0.25) is 0 Å². The maximum atomic E-state index is 5.34. The monoisotopic (exact) mass is 351 g/mol. The Labute approximate surface area is 132 Å². The third-order valence-corrected chi connectivity index (χ3v) is 5.26. The number of nitrogens with zero attached hydrogens (tertiary/aromatic N) is 1. The second-order valence-electron chi connectivity index (χ2n) is 5.17. The second kappa shape index (κ2) is 6.29. The van der Waals surface area contributed by atoms with Crippen LogP contribution >= 0.6 is 27.3 Å². The number of benzene rings is 1. The zero-order valence-corrected chi connectivity index (χ0v) is 13.9. The van der Waals surface area contributed by atoms with Crippen LogP contribution in [0.15, 0.2) is 40.2 Å². The maximum absolute atomic E-state index is 5.34. The molecule has 1 aromatic carbocycles. The van der Waals surface area contributed by atoms with Crippen LogP contribution in [0.25, 0.3) is 0 Å². The highest BCUT2D eigenvalue weighted by atomic mass is 79.9. The molecule has 0 aliphatic heterocycles. The van der Waals surface area contributed by atoms with Crippen molar-refractivity contribution in [2.45, 2.75) is 32.0 Å². The van der Waals surface area contributed by atoms with E-state index in [1.807, 2.05) is 17.4 Å². The van der Waals surface area contributed by atoms with Crippen molar-refractivity contribution < 1.29 is 4.74 Å². The lowest BCUT2D eigenvalue weighted by molar-refractivity contribution is 0.247. The Morgan fingerprint density at radius 1 is 1.30 bits per heavy atom. The van der Waals surface area contributed by atoms with E-state index in [-0.39, 0.29) is 0 Å². The molecule has 1 aliphatic rings. The smallest absolute Gasteiger partial charge is 0.119 e. The van der Waals surface area contributed by atoms with E-state index in [0.29, 0.717) is 0 Å². The van der Waals surface area contributed by atoms with Crippen molar-refractivity contribution in [1.82, 2.24) is 4.90 Å².